The van der Waals surface area contributed by atoms with Crippen molar-refractivity contribution < 1.29 is 14.6 Å². The molecule has 0 spiro atoms. The van der Waals surface area contributed by atoms with Gasteiger partial charge in [-0.25, -0.2) is 14.8 Å². The van der Waals surface area contributed by atoms with Crippen molar-refractivity contribution in [3.8, 4) is 11.0 Å². The van der Waals surface area contributed by atoms with Crippen LogP contribution in [0.2, 0.25) is 0 Å². The molecule has 0 bridgehead atoms. The van der Waals surface area contributed by atoms with Crippen LogP contribution in [0, 0.1) is 0 Å². The molecule has 188 valence electrons. The lowest BCUT2D eigenvalue weighted by Crippen LogP contribution is -2.39. The zero-order valence-electron chi connectivity index (χ0n) is 20.7. The molecule has 5 rings (SSSR count). The van der Waals surface area contributed by atoms with Crippen LogP contribution in [0.15, 0.2) is 48.2 Å². The lowest BCUT2D eigenvalue weighted by Gasteiger charge is -2.31. The van der Waals surface area contributed by atoms with Gasteiger partial charge in [-0.1, -0.05) is 18.3 Å². The highest BCUT2D eigenvalue weighted by atomic mass is 32.1. The van der Waals surface area contributed by atoms with Crippen molar-refractivity contribution in [2.45, 2.75) is 52.2 Å². The molecule has 3 aromatic heterocycles. The zero-order valence-corrected chi connectivity index (χ0v) is 21.5. The molecule has 1 amide bonds. The second kappa shape index (κ2) is 10.1. The summed E-state index contributed by atoms with van der Waals surface area (Å²) < 4.78 is 8.23. The minimum Gasteiger partial charge on any atom is -0.467 e. The van der Waals surface area contributed by atoms with Gasteiger partial charge in [-0.3, -0.25) is 4.90 Å². The number of benzene rings is 1. The highest BCUT2D eigenvalue weighted by Crippen LogP contribution is 2.30. The number of hydrogen-bond acceptors (Lipinski definition) is 7. The zero-order chi connectivity index (χ0) is 25.2. The Labute approximate surface area is 214 Å². The smallest absolute Gasteiger partial charge is 0.412 e. The number of hydrogen-bond donors (Lipinski definition) is 1. The van der Waals surface area contributed by atoms with E-state index in [1.54, 1.807) is 0 Å². The minimum absolute atomic E-state index is 0.108. The summed E-state index contributed by atoms with van der Waals surface area (Å²) in [4.78, 5) is 29.0. The van der Waals surface area contributed by atoms with Crippen LogP contribution in [-0.2, 0) is 6.42 Å². The van der Waals surface area contributed by atoms with Gasteiger partial charge in [-0.2, -0.15) is 4.98 Å². The van der Waals surface area contributed by atoms with Crippen molar-refractivity contribution in [1.82, 2.24) is 19.5 Å². The fourth-order valence-corrected chi connectivity index (χ4v) is 5.24. The summed E-state index contributed by atoms with van der Waals surface area (Å²) in [5.74, 6) is 1.57. The summed E-state index contributed by atoms with van der Waals surface area (Å²) in [5.41, 5.74) is 2.76. The van der Waals surface area contributed by atoms with E-state index in [9.17, 15) is 9.90 Å². The number of anilines is 2. The number of aromatic nitrogens is 4. The number of fused-ring (bicyclic) bond motifs is 1. The Morgan fingerprint density at radius 3 is 2.64 bits per heavy atom. The molecule has 4 aromatic rings. The van der Waals surface area contributed by atoms with E-state index < -0.39 is 6.09 Å². The van der Waals surface area contributed by atoms with Crippen LogP contribution >= 0.6 is 11.3 Å². The van der Waals surface area contributed by atoms with Gasteiger partial charge >= 0.3 is 6.09 Å². The second-order valence-corrected chi connectivity index (χ2v) is 10.0. The molecule has 1 aromatic carbocycles. The number of amides is 1. The van der Waals surface area contributed by atoms with Crippen molar-refractivity contribution in [2.24, 2.45) is 0 Å². The van der Waals surface area contributed by atoms with Crippen LogP contribution < -0.4 is 14.5 Å². The number of ether oxygens (including phenoxy) is 1. The summed E-state index contributed by atoms with van der Waals surface area (Å²) in [5, 5.41) is 13.2. The first kappa shape index (κ1) is 24.1. The van der Waals surface area contributed by atoms with E-state index in [2.05, 4.69) is 21.8 Å². The number of piperidine rings is 1. The largest absolute Gasteiger partial charge is 0.467 e. The first-order valence-electron chi connectivity index (χ1n) is 12.2. The fraction of sp³-hybridized carbons (Fsp3) is 0.385. The summed E-state index contributed by atoms with van der Waals surface area (Å²) in [6, 6.07) is 7.50. The Morgan fingerprint density at radius 2 is 1.97 bits per heavy atom. The Bertz CT molecular complexity index is 1340. The van der Waals surface area contributed by atoms with Gasteiger partial charge in [-0.15, -0.1) is 0 Å². The first-order chi connectivity index (χ1) is 17.4. The summed E-state index contributed by atoms with van der Waals surface area (Å²) >= 11 is 1.49. The maximum atomic E-state index is 11.7. The van der Waals surface area contributed by atoms with Crippen LogP contribution in [0.25, 0.3) is 16.7 Å². The van der Waals surface area contributed by atoms with Crippen molar-refractivity contribution in [2.75, 3.05) is 22.9 Å². The monoisotopic (exact) mass is 506 g/mol. The molecular weight excluding hydrogens is 476 g/mol. The molecule has 1 aliphatic heterocycles. The lowest BCUT2D eigenvalue weighted by molar-refractivity contribution is 0.170. The molecule has 0 aliphatic carbocycles. The predicted octanol–water partition coefficient (Wildman–Crippen LogP) is 5.38. The number of nitrogens with zero attached hydrogens (tertiary/aromatic N) is 6. The molecule has 4 heterocycles. The van der Waals surface area contributed by atoms with Gasteiger partial charge in [0.15, 0.2) is 5.82 Å². The van der Waals surface area contributed by atoms with E-state index in [0.29, 0.717) is 10.9 Å². The molecule has 0 radical (unpaired) electrons. The van der Waals surface area contributed by atoms with E-state index in [4.69, 9.17) is 9.72 Å². The third-order valence-electron chi connectivity index (χ3n) is 6.48. The maximum absolute atomic E-state index is 11.7. The molecule has 0 saturated carbocycles. The van der Waals surface area contributed by atoms with E-state index in [1.807, 2.05) is 66.7 Å². The van der Waals surface area contributed by atoms with E-state index in [-0.39, 0.29) is 12.1 Å². The van der Waals surface area contributed by atoms with Gasteiger partial charge in [0.25, 0.3) is 5.19 Å². The lowest BCUT2D eigenvalue weighted by atomic mass is 10.1. The van der Waals surface area contributed by atoms with Crippen LogP contribution in [0.4, 0.5) is 16.4 Å². The standard InChI is InChI=1S/C26H30N6O3S/c1-4-18-14-27-24(28-15-18)30-10-8-21(9-11-30)35-25-29-23(16-36-25)31-12-7-19-13-20(5-6-22(19)31)32(17(2)3)26(33)34/h5-7,12-17,21H,4,8-11H2,1-3H3,(H,33,34). The number of carbonyl (C=O) groups is 1. The van der Waals surface area contributed by atoms with Crippen molar-refractivity contribution >= 4 is 40.0 Å². The normalized spacial score (nSPS) is 14.5. The van der Waals surface area contributed by atoms with Crippen LogP contribution in [-0.4, -0.2) is 56.0 Å². The first-order valence-corrected chi connectivity index (χ1v) is 13.1. The molecule has 1 N–H and O–H groups in total. The Kier molecular flexibility index (Phi) is 6.77. The highest BCUT2D eigenvalue weighted by Gasteiger charge is 2.24. The highest BCUT2D eigenvalue weighted by molar-refractivity contribution is 7.11. The van der Waals surface area contributed by atoms with Gasteiger partial charge in [0.1, 0.15) is 6.10 Å². The second-order valence-electron chi connectivity index (χ2n) is 9.20. The number of aryl methyl sites for hydroxylation is 1. The molecule has 1 aliphatic rings. The number of carboxylic acid groups (broad SMARTS) is 1. The summed E-state index contributed by atoms with van der Waals surface area (Å²) in [7, 11) is 0. The molecule has 0 atom stereocenters. The van der Waals surface area contributed by atoms with E-state index in [1.165, 1.54) is 16.2 Å². The average molecular weight is 507 g/mol. The molecule has 10 heteroatoms. The predicted molar refractivity (Wildman–Crippen MR) is 142 cm³/mol. The Balaban J connectivity index is 1.24. The SMILES string of the molecule is CCc1cnc(N2CCC(Oc3nc(-n4ccc5cc(N(C(=O)O)C(C)C)ccc54)cs3)CC2)nc1. The molecule has 1 saturated heterocycles. The van der Waals surface area contributed by atoms with Gasteiger partial charge in [-0.05, 0) is 50.1 Å². The quantitative estimate of drug-likeness (QED) is 0.359. The minimum atomic E-state index is -0.960. The molecular formula is C26H30N6O3S. The number of thiazole rings is 1. The molecule has 0 unspecified atom stereocenters. The van der Waals surface area contributed by atoms with E-state index >= 15 is 0 Å². The van der Waals surface area contributed by atoms with Crippen LogP contribution in [0.1, 0.15) is 39.2 Å². The number of rotatable bonds is 7. The molecule has 36 heavy (non-hydrogen) atoms. The summed E-state index contributed by atoms with van der Waals surface area (Å²) in [6.45, 7) is 7.52. The summed E-state index contributed by atoms with van der Waals surface area (Å²) in [6.07, 6.45) is 7.62. The van der Waals surface area contributed by atoms with Gasteiger partial charge in [0.2, 0.25) is 5.95 Å². The third-order valence-corrected chi connectivity index (χ3v) is 7.20. The van der Waals surface area contributed by atoms with Crippen LogP contribution in [0.3, 0.4) is 0 Å². The third kappa shape index (κ3) is 4.86. The fourth-order valence-electron chi connectivity index (χ4n) is 4.53. The topological polar surface area (TPSA) is 96.6 Å². The molecule has 9 nitrogen and oxygen atoms in total. The maximum Gasteiger partial charge on any atom is 0.412 e. The van der Waals surface area contributed by atoms with Gasteiger partial charge < -0.3 is 19.3 Å². The Hall–Kier alpha value is -3.66. The van der Waals surface area contributed by atoms with Crippen LogP contribution in [0.5, 0.6) is 5.19 Å². The van der Waals surface area contributed by atoms with Crippen molar-refractivity contribution in [3.63, 3.8) is 0 Å². The van der Waals surface area contributed by atoms with Crippen molar-refractivity contribution in [3.05, 3.63) is 53.8 Å². The van der Waals surface area contributed by atoms with Gasteiger partial charge in [0, 0.05) is 67.0 Å². The average Bonchev–Trinajstić information content (AvgIpc) is 3.51. The molecule has 1 fully saturated rings. The van der Waals surface area contributed by atoms with E-state index in [0.717, 1.165) is 60.6 Å². The van der Waals surface area contributed by atoms with Gasteiger partial charge in [0.05, 0.1) is 5.52 Å². The van der Waals surface area contributed by atoms with Crippen molar-refractivity contribution in [1.29, 1.82) is 0 Å². The Morgan fingerprint density at radius 1 is 1.22 bits per heavy atom.